The van der Waals surface area contributed by atoms with Crippen LogP contribution in [0.15, 0.2) is 23.6 Å². The number of piperidine rings is 2. The molecular weight excluding hydrogens is 638 g/mol. The maximum atomic E-state index is 14.1. The maximum absolute atomic E-state index is 14.1. The number of benzene rings is 1. The number of aryl methyl sites for hydroxylation is 1. The second kappa shape index (κ2) is 13.4. The molecule has 6 heterocycles. The fourth-order valence-corrected chi connectivity index (χ4v) is 9.44. The zero-order valence-electron chi connectivity index (χ0n) is 27.3. The number of hydrogen-bond acceptors (Lipinski definition) is 8. The Morgan fingerprint density at radius 3 is 2.45 bits per heavy atom. The van der Waals surface area contributed by atoms with Crippen LogP contribution in [-0.4, -0.2) is 119 Å². The molecule has 3 atom stereocenters. The summed E-state index contributed by atoms with van der Waals surface area (Å²) in [6.45, 7) is 7.06. The average Bonchev–Trinajstić information content (AvgIpc) is 3.81. The third-order valence-electron chi connectivity index (χ3n) is 11.1. The smallest absolute Gasteiger partial charge is 0.410 e. The highest BCUT2D eigenvalue weighted by Crippen LogP contribution is 2.35. The van der Waals surface area contributed by atoms with Crippen LogP contribution in [0.25, 0.3) is 0 Å². The van der Waals surface area contributed by atoms with Gasteiger partial charge in [-0.05, 0) is 74.2 Å². The maximum Gasteiger partial charge on any atom is 0.410 e. The molecule has 0 aliphatic carbocycles. The van der Waals surface area contributed by atoms with Crippen molar-refractivity contribution >= 4 is 52.3 Å². The number of piperazine rings is 1. The molecule has 0 saturated carbocycles. The highest BCUT2D eigenvalue weighted by Gasteiger charge is 2.45. The van der Waals surface area contributed by atoms with Gasteiger partial charge in [0.15, 0.2) is 6.10 Å². The van der Waals surface area contributed by atoms with Crippen LogP contribution in [0.2, 0.25) is 5.02 Å². The topological polar surface area (TPSA) is 115 Å². The first-order chi connectivity index (χ1) is 22.7. The molecule has 4 saturated heterocycles. The average molecular weight is 684 g/mol. The Kier molecular flexibility index (Phi) is 9.30. The molecule has 1 aromatic heterocycles. The van der Waals surface area contributed by atoms with E-state index >= 15 is 0 Å². The lowest BCUT2D eigenvalue weighted by Gasteiger charge is -2.42. The van der Waals surface area contributed by atoms with E-state index in [0.717, 1.165) is 47.6 Å². The number of fused-ring (bicyclic) bond motifs is 3. The summed E-state index contributed by atoms with van der Waals surface area (Å²) in [4.78, 5) is 52.2. The first kappa shape index (κ1) is 32.5. The van der Waals surface area contributed by atoms with Crippen LogP contribution in [0, 0.1) is 0 Å². The molecule has 47 heavy (non-hydrogen) atoms. The SMILES string of the molecule is CCc1cc(C[C@@H](OC(=O)N2CCC(N3Cc4sccc4NC3=O)CC2)C(=O)N2CCC(N3CC4CC3CN4C)CC2)cc(Cl)c1N. The van der Waals surface area contributed by atoms with E-state index in [0.29, 0.717) is 80.8 Å². The summed E-state index contributed by atoms with van der Waals surface area (Å²) < 4.78 is 6.08. The van der Waals surface area contributed by atoms with Gasteiger partial charge in [0.1, 0.15) is 0 Å². The van der Waals surface area contributed by atoms with Crippen LogP contribution in [-0.2, 0) is 28.9 Å². The second-order valence-corrected chi connectivity index (χ2v) is 15.3. The van der Waals surface area contributed by atoms with Crippen molar-refractivity contribution in [2.45, 2.75) is 88.7 Å². The van der Waals surface area contributed by atoms with Crippen molar-refractivity contribution in [3.63, 3.8) is 0 Å². The Morgan fingerprint density at radius 1 is 1.04 bits per heavy atom. The molecule has 5 aliphatic rings. The molecule has 11 nitrogen and oxygen atoms in total. The van der Waals surface area contributed by atoms with Gasteiger partial charge in [-0.15, -0.1) is 11.3 Å². The van der Waals surface area contributed by atoms with Crippen molar-refractivity contribution in [2.75, 3.05) is 57.4 Å². The van der Waals surface area contributed by atoms with E-state index in [2.05, 4.69) is 22.2 Å². The Morgan fingerprint density at radius 2 is 1.77 bits per heavy atom. The van der Waals surface area contributed by atoms with Gasteiger partial charge in [0.05, 0.1) is 22.9 Å². The number of hydrogen-bond donors (Lipinski definition) is 2. The number of amides is 4. The number of nitrogen functional groups attached to an aromatic ring is 1. The number of carbonyl (C=O) groups excluding carboxylic acids is 3. The molecule has 4 amide bonds. The second-order valence-electron chi connectivity index (χ2n) is 13.9. The number of nitrogens with one attached hydrogen (secondary N) is 1. The van der Waals surface area contributed by atoms with Crippen LogP contribution in [0.4, 0.5) is 21.0 Å². The largest absolute Gasteiger partial charge is 0.436 e. The standard InChI is InChI=1S/C34H46ClN7O4S/c1-3-22-14-21(15-27(35)31(22)36)16-29(32(43)39-9-4-23(5-10-39)41-19-25-17-26(41)18-38(25)2)46-34(45)40-11-6-24(7-12-40)42-20-30-28(8-13-47-30)37-33(42)44/h8,13-15,23-26,29H,3-7,9-12,16-20,36H2,1-2H3,(H,37,44)/t25?,26?,29-/m1/s1. The molecule has 0 radical (unpaired) electrons. The number of halogens is 1. The Labute approximate surface area is 285 Å². The van der Waals surface area contributed by atoms with Crippen molar-refractivity contribution in [2.24, 2.45) is 0 Å². The molecular formula is C34H46ClN7O4S. The molecule has 7 rings (SSSR count). The summed E-state index contributed by atoms with van der Waals surface area (Å²) in [5.41, 5.74) is 9.37. The molecule has 2 aromatic rings. The molecule has 1 aromatic carbocycles. The number of anilines is 2. The van der Waals surface area contributed by atoms with E-state index in [1.807, 2.05) is 34.2 Å². The summed E-state index contributed by atoms with van der Waals surface area (Å²) >= 11 is 8.12. The molecule has 254 valence electrons. The molecule has 2 bridgehead atoms. The van der Waals surface area contributed by atoms with Crippen molar-refractivity contribution in [1.29, 1.82) is 0 Å². The molecule has 2 unspecified atom stereocenters. The summed E-state index contributed by atoms with van der Waals surface area (Å²) in [7, 11) is 2.22. The van der Waals surface area contributed by atoms with E-state index in [-0.39, 0.29) is 24.4 Å². The van der Waals surface area contributed by atoms with Gasteiger partial charge in [-0.2, -0.15) is 0 Å². The minimum absolute atomic E-state index is 0.0311. The number of likely N-dealkylation sites (tertiary alicyclic amines) is 4. The number of ether oxygens (including phenoxy) is 1. The first-order valence-corrected chi connectivity index (χ1v) is 18.3. The number of thiophene rings is 1. The fraction of sp³-hybridized carbons (Fsp3) is 0.618. The van der Waals surface area contributed by atoms with E-state index in [1.165, 1.54) is 6.42 Å². The third-order valence-corrected chi connectivity index (χ3v) is 12.3. The number of nitrogens with two attached hydrogens (primary N) is 1. The lowest BCUT2D eigenvalue weighted by Crippen LogP contribution is -2.55. The van der Waals surface area contributed by atoms with Gasteiger partial charge in [0.25, 0.3) is 5.91 Å². The highest BCUT2D eigenvalue weighted by atomic mass is 35.5. The fourth-order valence-electron chi connectivity index (χ4n) is 8.35. The minimum atomic E-state index is -0.970. The lowest BCUT2D eigenvalue weighted by molar-refractivity contribution is -0.142. The van der Waals surface area contributed by atoms with Gasteiger partial charge in [0, 0.05) is 74.7 Å². The zero-order chi connectivity index (χ0) is 32.8. The Hall–Kier alpha value is -3.06. The van der Waals surface area contributed by atoms with Crippen molar-refractivity contribution in [3.05, 3.63) is 44.6 Å². The third kappa shape index (κ3) is 6.54. The van der Waals surface area contributed by atoms with E-state index in [9.17, 15) is 14.4 Å². The normalized spacial score (nSPS) is 24.8. The number of likely N-dealkylation sites (N-methyl/N-ethyl adjacent to an activating group) is 1. The minimum Gasteiger partial charge on any atom is -0.436 e. The number of nitrogens with zero attached hydrogens (tertiary/aromatic N) is 5. The van der Waals surface area contributed by atoms with E-state index in [4.69, 9.17) is 22.1 Å². The van der Waals surface area contributed by atoms with Crippen LogP contribution in [0.1, 0.15) is 55.0 Å². The summed E-state index contributed by atoms with van der Waals surface area (Å²) in [6.07, 6.45) is 3.88. The van der Waals surface area contributed by atoms with Crippen LogP contribution < -0.4 is 11.1 Å². The van der Waals surface area contributed by atoms with E-state index in [1.54, 1.807) is 22.3 Å². The zero-order valence-corrected chi connectivity index (χ0v) is 28.9. The Bertz CT molecular complexity index is 1500. The van der Waals surface area contributed by atoms with Gasteiger partial charge < -0.3 is 35.4 Å². The summed E-state index contributed by atoms with van der Waals surface area (Å²) in [6, 6.07) is 7.38. The van der Waals surface area contributed by atoms with Gasteiger partial charge in [-0.3, -0.25) is 9.69 Å². The molecule has 13 heteroatoms. The van der Waals surface area contributed by atoms with Crippen molar-refractivity contribution < 1.29 is 19.1 Å². The quantitative estimate of drug-likeness (QED) is 0.414. The Balaban J connectivity index is 1.00. The first-order valence-electron chi connectivity index (χ1n) is 17.1. The van der Waals surface area contributed by atoms with Gasteiger partial charge in [-0.1, -0.05) is 24.6 Å². The van der Waals surface area contributed by atoms with Crippen LogP contribution in [0.3, 0.4) is 0 Å². The predicted octanol–water partition coefficient (Wildman–Crippen LogP) is 4.49. The van der Waals surface area contributed by atoms with Crippen molar-refractivity contribution in [1.82, 2.24) is 24.5 Å². The molecule has 5 aliphatic heterocycles. The molecule has 4 fully saturated rings. The van der Waals surface area contributed by atoms with Gasteiger partial charge >= 0.3 is 12.1 Å². The van der Waals surface area contributed by atoms with E-state index < -0.39 is 12.2 Å². The lowest BCUT2D eigenvalue weighted by atomic mass is 9.99. The number of rotatable bonds is 7. The molecule has 3 N–H and O–H groups in total. The highest BCUT2D eigenvalue weighted by molar-refractivity contribution is 7.10. The van der Waals surface area contributed by atoms with Gasteiger partial charge in [-0.25, -0.2) is 9.59 Å². The van der Waals surface area contributed by atoms with Crippen LogP contribution in [0.5, 0.6) is 0 Å². The predicted molar refractivity (Wildman–Crippen MR) is 184 cm³/mol. The van der Waals surface area contributed by atoms with Crippen LogP contribution >= 0.6 is 22.9 Å². The number of carbonyl (C=O) groups is 3. The number of urea groups is 1. The summed E-state index contributed by atoms with van der Waals surface area (Å²) in [5, 5.41) is 5.42. The monoisotopic (exact) mass is 683 g/mol. The van der Waals surface area contributed by atoms with Gasteiger partial charge in [0.2, 0.25) is 0 Å². The van der Waals surface area contributed by atoms with Crippen molar-refractivity contribution in [3.8, 4) is 0 Å². The molecule has 0 spiro atoms. The summed E-state index contributed by atoms with van der Waals surface area (Å²) in [5.74, 6) is -0.155.